The molecule has 0 aromatic rings. The van der Waals surface area contributed by atoms with E-state index in [0.717, 1.165) is 0 Å². The first kappa shape index (κ1) is 16.9. The summed E-state index contributed by atoms with van der Waals surface area (Å²) >= 11 is 0. The molecule has 1 amide bonds. The molecule has 5 heteroatoms. The molecule has 5 nitrogen and oxygen atoms in total. The smallest absolute Gasteiger partial charge is 0.307 e. The van der Waals surface area contributed by atoms with Gasteiger partial charge in [-0.15, -0.1) is 0 Å². The van der Waals surface area contributed by atoms with Crippen LogP contribution in [0.2, 0.25) is 0 Å². The van der Waals surface area contributed by atoms with Gasteiger partial charge < -0.3 is 15.4 Å². The summed E-state index contributed by atoms with van der Waals surface area (Å²) in [5.74, 6) is 0.0594. The van der Waals surface area contributed by atoms with E-state index in [2.05, 4.69) is 4.74 Å². The van der Waals surface area contributed by atoms with E-state index in [9.17, 15) is 9.59 Å². The van der Waals surface area contributed by atoms with Gasteiger partial charge in [-0.05, 0) is 18.9 Å². The lowest BCUT2D eigenvalue weighted by atomic mass is 10.1. The van der Waals surface area contributed by atoms with Crippen LogP contribution in [0.5, 0.6) is 0 Å². The first-order chi connectivity index (χ1) is 8.42. The minimum absolute atomic E-state index is 0.0676. The third-order valence-corrected chi connectivity index (χ3v) is 2.73. The number of methoxy groups -OCH3 is 1. The maximum absolute atomic E-state index is 12.2. The summed E-state index contributed by atoms with van der Waals surface area (Å²) in [4.78, 5) is 25.1. The summed E-state index contributed by atoms with van der Waals surface area (Å²) in [5, 5.41) is 0. The fourth-order valence-corrected chi connectivity index (χ4v) is 1.75. The Morgan fingerprint density at radius 1 is 1.28 bits per heavy atom. The third kappa shape index (κ3) is 6.59. The van der Waals surface area contributed by atoms with Gasteiger partial charge in [-0.3, -0.25) is 9.59 Å². The number of carbonyl (C=O) groups is 2. The molecular weight excluding hydrogens is 232 g/mol. The van der Waals surface area contributed by atoms with E-state index >= 15 is 0 Å². The van der Waals surface area contributed by atoms with Crippen molar-refractivity contribution in [1.29, 1.82) is 0 Å². The van der Waals surface area contributed by atoms with Crippen molar-refractivity contribution < 1.29 is 14.3 Å². The molecule has 0 saturated heterocycles. The third-order valence-electron chi connectivity index (χ3n) is 2.73. The van der Waals surface area contributed by atoms with Crippen molar-refractivity contribution in [3.05, 3.63) is 0 Å². The molecule has 2 N–H and O–H groups in total. The monoisotopic (exact) mass is 258 g/mol. The second kappa shape index (κ2) is 8.91. The number of hydrogen-bond donors (Lipinski definition) is 1. The Morgan fingerprint density at radius 3 is 2.33 bits per heavy atom. The summed E-state index contributed by atoms with van der Waals surface area (Å²) in [5.41, 5.74) is 5.47. The van der Waals surface area contributed by atoms with Gasteiger partial charge in [-0.25, -0.2) is 0 Å². The molecule has 0 aliphatic heterocycles. The van der Waals surface area contributed by atoms with Crippen molar-refractivity contribution in [3.63, 3.8) is 0 Å². The zero-order valence-corrected chi connectivity index (χ0v) is 11.9. The predicted molar refractivity (Wildman–Crippen MR) is 70.9 cm³/mol. The Labute approximate surface area is 110 Å². The molecule has 0 saturated carbocycles. The highest BCUT2D eigenvalue weighted by molar-refractivity contribution is 5.79. The number of amides is 1. The predicted octanol–water partition coefficient (Wildman–Crippen LogP) is 1.02. The zero-order chi connectivity index (χ0) is 14.1. The highest BCUT2D eigenvalue weighted by atomic mass is 16.5. The molecule has 1 atom stereocenters. The fraction of sp³-hybridized carbons (Fsp3) is 0.846. The molecule has 0 aromatic heterocycles. The lowest BCUT2D eigenvalue weighted by Gasteiger charge is -2.27. The van der Waals surface area contributed by atoms with Gasteiger partial charge in [0, 0.05) is 19.0 Å². The van der Waals surface area contributed by atoms with Crippen molar-refractivity contribution in [3.8, 4) is 0 Å². The van der Waals surface area contributed by atoms with Gasteiger partial charge in [-0.2, -0.15) is 0 Å². The van der Waals surface area contributed by atoms with Gasteiger partial charge in [0.1, 0.15) is 0 Å². The van der Waals surface area contributed by atoms with Crippen LogP contribution in [-0.4, -0.2) is 43.5 Å². The number of hydrogen-bond acceptors (Lipinski definition) is 4. The average Bonchev–Trinajstić information content (AvgIpc) is 2.32. The average molecular weight is 258 g/mol. The highest BCUT2D eigenvalue weighted by Crippen LogP contribution is 2.10. The van der Waals surface area contributed by atoms with E-state index in [4.69, 9.17) is 5.73 Å². The van der Waals surface area contributed by atoms with Gasteiger partial charge >= 0.3 is 5.97 Å². The van der Waals surface area contributed by atoms with Crippen LogP contribution in [0.15, 0.2) is 0 Å². The van der Waals surface area contributed by atoms with E-state index in [-0.39, 0.29) is 24.2 Å². The van der Waals surface area contributed by atoms with Crippen LogP contribution in [0, 0.1) is 11.8 Å². The van der Waals surface area contributed by atoms with E-state index in [1.54, 1.807) is 4.90 Å². The first-order valence-corrected chi connectivity index (χ1v) is 6.48. The van der Waals surface area contributed by atoms with Crippen LogP contribution in [-0.2, 0) is 14.3 Å². The van der Waals surface area contributed by atoms with Gasteiger partial charge in [0.05, 0.1) is 13.5 Å². The molecule has 0 rings (SSSR count). The second-order valence-corrected chi connectivity index (χ2v) is 4.98. The molecule has 0 spiro atoms. The van der Waals surface area contributed by atoms with E-state index in [0.29, 0.717) is 32.0 Å². The normalized spacial score (nSPS) is 12.3. The van der Waals surface area contributed by atoms with Gasteiger partial charge in [-0.1, -0.05) is 20.8 Å². The van der Waals surface area contributed by atoms with E-state index < -0.39 is 0 Å². The topological polar surface area (TPSA) is 72.6 Å². The standard InChI is InChI=1S/C13H26N2O3/c1-10(2)9-15(8-6-12(16)18-4)13(17)11(3)5-7-14/h10-11H,5-9,14H2,1-4H3. The van der Waals surface area contributed by atoms with Crippen LogP contribution < -0.4 is 5.73 Å². The van der Waals surface area contributed by atoms with Crippen LogP contribution in [0.3, 0.4) is 0 Å². The maximum Gasteiger partial charge on any atom is 0.307 e. The lowest BCUT2D eigenvalue weighted by molar-refractivity contribution is -0.142. The molecular formula is C13H26N2O3. The largest absolute Gasteiger partial charge is 0.469 e. The lowest BCUT2D eigenvalue weighted by Crippen LogP contribution is -2.39. The SMILES string of the molecule is COC(=O)CCN(CC(C)C)C(=O)C(C)CCN. The number of carbonyl (C=O) groups excluding carboxylic acids is 2. The minimum Gasteiger partial charge on any atom is -0.469 e. The molecule has 0 radical (unpaired) electrons. The van der Waals surface area contributed by atoms with Crippen LogP contribution >= 0.6 is 0 Å². The molecule has 0 heterocycles. The van der Waals surface area contributed by atoms with Crippen molar-refractivity contribution in [2.24, 2.45) is 17.6 Å². The van der Waals surface area contributed by atoms with E-state index in [1.807, 2.05) is 20.8 Å². The van der Waals surface area contributed by atoms with Crippen LogP contribution in [0.1, 0.15) is 33.6 Å². The molecule has 0 aliphatic carbocycles. The van der Waals surface area contributed by atoms with Crippen molar-refractivity contribution in [2.75, 3.05) is 26.7 Å². The second-order valence-electron chi connectivity index (χ2n) is 4.98. The quantitative estimate of drug-likeness (QED) is 0.660. The Balaban J connectivity index is 4.46. The Morgan fingerprint density at radius 2 is 1.89 bits per heavy atom. The summed E-state index contributed by atoms with van der Waals surface area (Å²) in [7, 11) is 1.36. The molecule has 0 aromatic carbocycles. The maximum atomic E-state index is 12.2. The number of esters is 1. The van der Waals surface area contributed by atoms with E-state index in [1.165, 1.54) is 7.11 Å². The van der Waals surface area contributed by atoms with Gasteiger partial charge in [0.2, 0.25) is 5.91 Å². The Kier molecular flexibility index (Phi) is 8.37. The molecule has 0 fully saturated rings. The van der Waals surface area contributed by atoms with Crippen molar-refractivity contribution in [1.82, 2.24) is 4.90 Å². The van der Waals surface area contributed by atoms with Gasteiger partial charge in [0.25, 0.3) is 0 Å². The Bertz CT molecular complexity index is 267. The summed E-state index contributed by atoms with van der Waals surface area (Å²) in [6.07, 6.45) is 0.913. The molecule has 18 heavy (non-hydrogen) atoms. The first-order valence-electron chi connectivity index (χ1n) is 6.48. The number of rotatable bonds is 8. The summed E-state index contributed by atoms with van der Waals surface area (Å²) in [6.45, 7) is 7.54. The molecule has 106 valence electrons. The number of nitrogens with zero attached hydrogens (tertiary/aromatic N) is 1. The summed E-state index contributed by atoms with van der Waals surface area (Å²) < 4.78 is 4.60. The minimum atomic E-state index is -0.289. The number of ether oxygens (including phenoxy) is 1. The van der Waals surface area contributed by atoms with Crippen molar-refractivity contribution in [2.45, 2.75) is 33.6 Å². The van der Waals surface area contributed by atoms with Crippen molar-refractivity contribution >= 4 is 11.9 Å². The molecule has 0 aliphatic rings. The van der Waals surface area contributed by atoms with Gasteiger partial charge in [0.15, 0.2) is 0 Å². The highest BCUT2D eigenvalue weighted by Gasteiger charge is 2.21. The van der Waals surface area contributed by atoms with Crippen LogP contribution in [0.25, 0.3) is 0 Å². The fourth-order valence-electron chi connectivity index (χ4n) is 1.75. The molecule has 1 unspecified atom stereocenters. The number of nitrogens with two attached hydrogens (primary N) is 1. The zero-order valence-electron chi connectivity index (χ0n) is 11.9. The molecule has 0 bridgehead atoms. The Hall–Kier alpha value is -1.10. The van der Waals surface area contributed by atoms with Crippen LogP contribution in [0.4, 0.5) is 0 Å². The summed E-state index contributed by atoms with van der Waals surface area (Å²) in [6, 6.07) is 0.